The van der Waals surface area contributed by atoms with E-state index in [1.54, 1.807) is 14.0 Å². The second-order valence-corrected chi connectivity index (χ2v) is 4.84. The molecule has 0 spiro atoms. The van der Waals surface area contributed by atoms with Gasteiger partial charge in [-0.05, 0) is 46.2 Å². The largest absolute Gasteiger partial charge is 0.480 e. The van der Waals surface area contributed by atoms with Crippen LogP contribution >= 0.6 is 0 Å². The normalized spacial score (nSPS) is 20.3. The van der Waals surface area contributed by atoms with Crippen molar-refractivity contribution >= 4 is 5.97 Å². The number of carbonyl (C=O) groups is 1. The molecule has 4 nitrogen and oxygen atoms in total. The Labute approximate surface area is 91.6 Å². The second-order valence-electron chi connectivity index (χ2n) is 4.84. The minimum absolute atomic E-state index is 0.641. The van der Waals surface area contributed by atoms with Crippen LogP contribution in [0.5, 0.6) is 0 Å². The van der Waals surface area contributed by atoms with Gasteiger partial charge in [-0.3, -0.25) is 4.79 Å². The van der Waals surface area contributed by atoms with E-state index in [9.17, 15) is 4.79 Å². The highest BCUT2D eigenvalue weighted by molar-refractivity contribution is 5.78. The number of carboxylic acid groups (broad SMARTS) is 1. The minimum Gasteiger partial charge on any atom is -0.480 e. The zero-order valence-corrected chi connectivity index (χ0v) is 9.92. The van der Waals surface area contributed by atoms with Crippen molar-refractivity contribution in [1.29, 1.82) is 0 Å². The third-order valence-corrected chi connectivity index (χ3v) is 3.28. The first-order valence-electron chi connectivity index (χ1n) is 5.59. The van der Waals surface area contributed by atoms with Gasteiger partial charge in [-0.15, -0.1) is 0 Å². The molecule has 15 heavy (non-hydrogen) atoms. The smallest absolute Gasteiger partial charge is 0.323 e. The summed E-state index contributed by atoms with van der Waals surface area (Å²) in [6.45, 7) is 3.68. The molecule has 0 heterocycles. The summed E-state index contributed by atoms with van der Waals surface area (Å²) in [5.74, 6) is 0.0884. The lowest BCUT2D eigenvalue weighted by Gasteiger charge is -2.27. The van der Waals surface area contributed by atoms with E-state index in [1.807, 2.05) is 0 Å². The first-order valence-corrected chi connectivity index (χ1v) is 5.59. The number of hydrogen-bond acceptors (Lipinski definition) is 3. The number of likely N-dealkylation sites (N-methyl/N-ethyl adjacent to an activating group) is 1. The lowest BCUT2D eigenvalue weighted by atomic mass is 9.98. The molecule has 1 fully saturated rings. The fraction of sp³-hybridized carbons (Fsp3) is 0.909. The molecule has 88 valence electrons. The predicted octanol–water partition coefficient (Wildman–Crippen LogP) is 0.781. The van der Waals surface area contributed by atoms with E-state index in [-0.39, 0.29) is 0 Å². The van der Waals surface area contributed by atoms with Gasteiger partial charge in [-0.25, -0.2) is 0 Å². The van der Waals surface area contributed by atoms with Crippen LogP contribution in [0.1, 0.15) is 26.2 Å². The van der Waals surface area contributed by atoms with Crippen LogP contribution in [0, 0.1) is 5.92 Å². The first-order chi connectivity index (χ1) is 6.98. The molecule has 0 aromatic heterocycles. The molecular weight excluding hydrogens is 192 g/mol. The molecule has 0 radical (unpaired) electrons. The Morgan fingerprint density at radius 3 is 2.60 bits per heavy atom. The van der Waals surface area contributed by atoms with Crippen molar-refractivity contribution in [2.75, 3.05) is 27.2 Å². The van der Waals surface area contributed by atoms with Crippen LogP contribution in [-0.4, -0.2) is 48.7 Å². The van der Waals surface area contributed by atoms with E-state index >= 15 is 0 Å². The molecule has 0 bridgehead atoms. The van der Waals surface area contributed by atoms with Crippen LogP contribution in [0.3, 0.4) is 0 Å². The van der Waals surface area contributed by atoms with Crippen LogP contribution in [0.25, 0.3) is 0 Å². The van der Waals surface area contributed by atoms with E-state index < -0.39 is 11.5 Å². The van der Waals surface area contributed by atoms with Crippen LogP contribution < -0.4 is 5.32 Å². The number of rotatable bonds is 7. The molecule has 0 aliphatic heterocycles. The highest BCUT2D eigenvalue weighted by Crippen LogP contribution is 2.29. The predicted molar refractivity (Wildman–Crippen MR) is 59.9 cm³/mol. The van der Waals surface area contributed by atoms with Crippen LogP contribution in [0.2, 0.25) is 0 Å². The SMILES string of the molecule is CNC(C)(CCN(C)CC1CC1)C(=O)O. The summed E-state index contributed by atoms with van der Waals surface area (Å²) in [5.41, 5.74) is -0.794. The van der Waals surface area contributed by atoms with E-state index in [0.717, 1.165) is 19.0 Å². The van der Waals surface area contributed by atoms with Gasteiger partial charge in [0.25, 0.3) is 0 Å². The lowest BCUT2D eigenvalue weighted by molar-refractivity contribution is -0.144. The Morgan fingerprint density at radius 2 is 2.20 bits per heavy atom. The van der Waals surface area contributed by atoms with Gasteiger partial charge in [0.1, 0.15) is 5.54 Å². The number of nitrogens with zero attached hydrogens (tertiary/aromatic N) is 1. The molecule has 0 aromatic carbocycles. The average molecular weight is 214 g/mol. The summed E-state index contributed by atoms with van der Waals surface area (Å²) < 4.78 is 0. The summed E-state index contributed by atoms with van der Waals surface area (Å²) in [5, 5.41) is 11.9. The van der Waals surface area contributed by atoms with Gasteiger partial charge in [0, 0.05) is 13.1 Å². The number of aliphatic carboxylic acids is 1. The van der Waals surface area contributed by atoms with Gasteiger partial charge in [0.15, 0.2) is 0 Å². The van der Waals surface area contributed by atoms with E-state index in [1.165, 1.54) is 12.8 Å². The molecule has 4 heteroatoms. The lowest BCUT2D eigenvalue weighted by Crippen LogP contribution is -2.49. The maximum Gasteiger partial charge on any atom is 0.323 e. The molecule has 1 unspecified atom stereocenters. The van der Waals surface area contributed by atoms with Gasteiger partial charge in [-0.1, -0.05) is 0 Å². The quantitative estimate of drug-likeness (QED) is 0.657. The van der Waals surface area contributed by atoms with Gasteiger partial charge in [0.2, 0.25) is 0 Å². The summed E-state index contributed by atoms with van der Waals surface area (Å²) >= 11 is 0. The van der Waals surface area contributed by atoms with Crippen LogP contribution in [-0.2, 0) is 4.79 Å². The van der Waals surface area contributed by atoms with E-state index in [2.05, 4.69) is 17.3 Å². The fourth-order valence-electron chi connectivity index (χ4n) is 1.59. The van der Waals surface area contributed by atoms with Crippen molar-refractivity contribution in [3.05, 3.63) is 0 Å². The molecule has 1 rings (SSSR count). The maximum absolute atomic E-state index is 11.0. The molecule has 2 N–H and O–H groups in total. The van der Waals surface area contributed by atoms with Crippen molar-refractivity contribution in [3.8, 4) is 0 Å². The monoisotopic (exact) mass is 214 g/mol. The topological polar surface area (TPSA) is 52.6 Å². The van der Waals surface area contributed by atoms with Crippen LogP contribution in [0.15, 0.2) is 0 Å². The Balaban J connectivity index is 2.28. The number of nitrogens with one attached hydrogen (secondary N) is 1. The average Bonchev–Trinajstić information content (AvgIpc) is 2.97. The summed E-state index contributed by atoms with van der Waals surface area (Å²) in [4.78, 5) is 13.3. The Hall–Kier alpha value is -0.610. The summed E-state index contributed by atoms with van der Waals surface area (Å²) in [6.07, 6.45) is 3.32. The number of hydrogen-bond donors (Lipinski definition) is 2. The van der Waals surface area contributed by atoms with Gasteiger partial charge < -0.3 is 15.3 Å². The maximum atomic E-state index is 11.0. The molecule has 0 amide bonds. The van der Waals surface area contributed by atoms with Gasteiger partial charge >= 0.3 is 5.97 Å². The van der Waals surface area contributed by atoms with Crippen molar-refractivity contribution < 1.29 is 9.90 Å². The molecule has 1 atom stereocenters. The highest BCUT2D eigenvalue weighted by Gasteiger charge is 2.31. The van der Waals surface area contributed by atoms with Crippen molar-refractivity contribution in [2.24, 2.45) is 5.92 Å². The highest BCUT2D eigenvalue weighted by atomic mass is 16.4. The minimum atomic E-state index is -0.794. The van der Waals surface area contributed by atoms with Crippen LogP contribution in [0.4, 0.5) is 0 Å². The molecule has 0 aromatic rings. The van der Waals surface area contributed by atoms with Gasteiger partial charge in [-0.2, -0.15) is 0 Å². The Morgan fingerprint density at radius 1 is 1.60 bits per heavy atom. The van der Waals surface area contributed by atoms with E-state index in [4.69, 9.17) is 5.11 Å². The summed E-state index contributed by atoms with van der Waals surface area (Å²) in [6, 6.07) is 0. The molecule has 1 saturated carbocycles. The molecule has 0 saturated heterocycles. The standard InChI is InChI=1S/C11H22N2O2/c1-11(12-2,10(14)15)6-7-13(3)8-9-4-5-9/h9,12H,4-8H2,1-3H3,(H,14,15). The third-order valence-electron chi connectivity index (χ3n) is 3.28. The van der Waals surface area contributed by atoms with Crippen molar-refractivity contribution in [2.45, 2.75) is 31.7 Å². The van der Waals surface area contributed by atoms with Crippen molar-refractivity contribution in [3.63, 3.8) is 0 Å². The number of carboxylic acids is 1. The Kier molecular flexibility index (Phi) is 4.11. The molecule has 1 aliphatic rings. The molecule has 1 aliphatic carbocycles. The van der Waals surface area contributed by atoms with Crippen molar-refractivity contribution in [1.82, 2.24) is 10.2 Å². The van der Waals surface area contributed by atoms with Gasteiger partial charge in [0.05, 0.1) is 0 Å². The van der Waals surface area contributed by atoms with E-state index in [0.29, 0.717) is 6.42 Å². The first kappa shape index (κ1) is 12.5. The molecular formula is C11H22N2O2. The zero-order chi connectivity index (χ0) is 11.5. The fourth-order valence-corrected chi connectivity index (χ4v) is 1.59. The summed E-state index contributed by atoms with van der Waals surface area (Å²) in [7, 11) is 3.77. The second kappa shape index (κ2) is 4.94. The Bertz CT molecular complexity index is 229. The zero-order valence-electron chi connectivity index (χ0n) is 9.92. The third kappa shape index (κ3) is 3.80.